The third kappa shape index (κ3) is 2.26. The minimum atomic E-state index is -0.337. The molecule has 0 aromatic carbocycles. The number of hydrogen-bond donors (Lipinski definition) is 0. The van der Waals surface area contributed by atoms with E-state index in [-0.39, 0.29) is 17.0 Å². The highest BCUT2D eigenvalue weighted by atomic mass is 16.7. The van der Waals surface area contributed by atoms with E-state index in [0.717, 1.165) is 58.0 Å². The number of rotatable bonds is 1. The van der Waals surface area contributed by atoms with E-state index in [1.807, 2.05) is 0 Å². The molecule has 5 fully saturated rings. The first kappa shape index (κ1) is 18.1. The normalized spacial score (nSPS) is 48.2. The summed E-state index contributed by atoms with van der Waals surface area (Å²) in [6.07, 6.45) is 12.7. The van der Waals surface area contributed by atoms with Gasteiger partial charge in [-0.3, -0.25) is 0 Å². The van der Waals surface area contributed by atoms with Gasteiger partial charge in [-0.15, -0.1) is 6.58 Å². The van der Waals surface area contributed by atoms with Crippen LogP contribution in [0.1, 0.15) is 51.9 Å². The summed E-state index contributed by atoms with van der Waals surface area (Å²) < 4.78 is 24.7. The summed E-state index contributed by atoms with van der Waals surface area (Å²) in [5, 5.41) is 0. The Balaban J connectivity index is 1.34. The minimum absolute atomic E-state index is 0.114. The molecule has 6 rings (SSSR count). The summed E-state index contributed by atoms with van der Waals surface area (Å²) in [7, 11) is 0. The standard InChI is InChI=1S/C24H34O4/c1-3-16-14-22(2)20(7-9-24(22)27-12-13-28-24)19-5-4-17-15-23(25-10-11-26-23)8-6-18(17)21(16)19/h3-4,16,18-21H,1,5-15H2,2H3/t16-,18-,19-,20-,21+,22-/m0/s1. The maximum absolute atomic E-state index is 6.31. The van der Waals surface area contributed by atoms with Gasteiger partial charge in [0.2, 0.25) is 0 Å². The molecule has 2 aliphatic heterocycles. The van der Waals surface area contributed by atoms with Gasteiger partial charge in [0.1, 0.15) is 0 Å². The van der Waals surface area contributed by atoms with Gasteiger partial charge in [-0.2, -0.15) is 0 Å². The molecule has 4 aliphatic carbocycles. The third-order valence-electron chi connectivity index (χ3n) is 9.41. The first-order valence-corrected chi connectivity index (χ1v) is 11.5. The van der Waals surface area contributed by atoms with Crippen molar-refractivity contribution in [1.29, 1.82) is 0 Å². The fourth-order valence-electron chi connectivity index (χ4n) is 8.31. The van der Waals surface area contributed by atoms with Crippen molar-refractivity contribution in [3.63, 3.8) is 0 Å². The number of allylic oxidation sites excluding steroid dienone is 2. The van der Waals surface area contributed by atoms with Crippen LogP contribution in [0.15, 0.2) is 24.3 Å². The van der Waals surface area contributed by atoms with Gasteiger partial charge in [0, 0.05) is 24.7 Å². The molecule has 4 nitrogen and oxygen atoms in total. The molecule has 0 bridgehead atoms. The van der Waals surface area contributed by atoms with E-state index in [1.54, 1.807) is 5.57 Å². The molecule has 0 unspecified atom stereocenters. The summed E-state index contributed by atoms with van der Waals surface area (Å²) in [5.41, 5.74) is 1.72. The summed E-state index contributed by atoms with van der Waals surface area (Å²) in [6.45, 7) is 9.76. The topological polar surface area (TPSA) is 36.9 Å². The van der Waals surface area contributed by atoms with Gasteiger partial charge in [0.15, 0.2) is 11.6 Å². The van der Waals surface area contributed by atoms with Crippen molar-refractivity contribution in [3.8, 4) is 0 Å². The fourth-order valence-corrected chi connectivity index (χ4v) is 8.31. The summed E-state index contributed by atoms with van der Waals surface area (Å²) in [5.74, 6) is 2.70. The molecule has 0 aromatic heterocycles. The highest BCUT2D eigenvalue weighted by Gasteiger charge is 2.67. The molecule has 2 saturated heterocycles. The van der Waals surface area contributed by atoms with Gasteiger partial charge >= 0.3 is 0 Å². The van der Waals surface area contributed by atoms with E-state index >= 15 is 0 Å². The highest BCUT2D eigenvalue weighted by Crippen LogP contribution is 2.68. The molecule has 6 aliphatic rings. The highest BCUT2D eigenvalue weighted by molar-refractivity contribution is 5.24. The Kier molecular flexibility index (Phi) is 3.99. The predicted octanol–water partition coefficient (Wildman–Crippen LogP) is 4.46. The zero-order valence-electron chi connectivity index (χ0n) is 17.2. The molecule has 0 amide bonds. The molecule has 2 spiro atoms. The number of ether oxygens (including phenoxy) is 4. The first-order valence-electron chi connectivity index (χ1n) is 11.5. The van der Waals surface area contributed by atoms with Crippen molar-refractivity contribution in [2.75, 3.05) is 26.4 Å². The van der Waals surface area contributed by atoms with Gasteiger partial charge in [-0.25, -0.2) is 0 Å². The van der Waals surface area contributed by atoms with Crippen molar-refractivity contribution < 1.29 is 18.9 Å². The van der Waals surface area contributed by atoms with Crippen LogP contribution in [0.3, 0.4) is 0 Å². The fraction of sp³-hybridized carbons (Fsp3) is 0.833. The van der Waals surface area contributed by atoms with E-state index in [2.05, 4.69) is 25.7 Å². The van der Waals surface area contributed by atoms with Crippen LogP contribution in [-0.4, -0.2) is 38.0 Å². The molecule has 4 heteroatoms. The molecule has 28 heavy (non-hydrogen) atoms. The van der Waals surface area contributed by atoms with E-state index in [0.29, 0.717) is 23.7 Å². The van der Waals surface area contributed by atoms with Crippen LogP contribution in [0.25, 0.3) is 0 Å². The molecular weight excluding hydrogens is 352 g/mol. The van der Waals surface area contributed by atoms with E-state index in [1.165, 1.54) is 19.3 Å². The van der Waals surface area contributed by atoms with Gasteiger partial charge < -0.3 is 18.9 Å². The van der Waals surface area contributed by atoms with Crippen molar-refractivity contribution in [3.05, 3.63) is 24.3 Å². The summed E-state index contributed by atoms with van der Waals surface area (Å²) >= 11 is 0. The van der Waals surface area contributed by atoms with Crippen LogP contribution in [0.4, 0.5) is 0 Å². The third-order valence-corrected chi connectivity index (χ3v) is 9.41. The van der Waals surface area contributed by atoms with E-state index < -0.39 is 0 Å². The van der Waals surface area contributed by atoms with Crippen LogP contribution >= 0.6 is 0 Å². The second-order valence-electron chi connectivity index (χ2n) is 10.3. The maximum Gasteiger partial charge on any atom is 0.174 e. The smallest absolute Gasteiger partial charge is 0.174 e. The molecule has 3 saturated carbocycles. The lowest BCUT2D eigenvalue weighted by Gasteiger charge is -2.58. The van der Waals surface area contributed by atoms with Crippen molar-refractivity contribution in [2.24, 2.45) is 35.0 Å². The molecule has 2 heterocycles. The van der Waals surface area contributed by atoms with Gasteiger partial charge in [0.05, 0.1) is 26.4 Å². The molecule has 0 radical (unpaired) electrons. The maximum atomic E-state index is 6.31. The second kappa shape index (κ2) is 6.16. The monoisotopic (exact) mass is 386 g/mol. The van der Waals surface area contributed by atoms with Crippen molar-refractivity contribution >= 4 is 0 Å². The van der Waals surface area contributed by atoms with Gasteiger partial charge in [0.25, 0.3) is 0 Å². The van der Waals surface area contributed by atoms with Crippen LogP contribution in [0.2, 0.25) is 0 Å². The largest absolute Gasteiger partial charge is 0.347 e. The lowest BCUT2D eigenvalue weighted by atomic mass is 9.49. The number of fused-ring (bicyclic) bond motifs is 6. The summed E-state index contributed by atoms with van der Waals surface area (Å²) in [4.78, 5) is 0. The average molecular weight is 387 g/mol. The zero-order valence-corrected chi connectivity index (χ0v) is 17.2. The van der Waals surface area contributed by atoms with Crippen molar-refractivity contribution in [2.45, 2.75) is 63.4 Å². The molecule has 6 atom stereocenters. The van der Waals surface area contributed by atoms with Gasteiger partial charge in [-0.1, -0.05) is 24.6 Å². The quantitative estimate of drug-likeness (QED) is 0.624. The lowest BCUT2D eigenvalue weighted by molar-refractivity contribution is -0.245. The Morgan fingerprint density at radius 3 is 2.54 bits per heavy atom. The Labute approximate surface area is 168 Å². The molecular formula is C24H34O4. The van der Waals surface area contributed by atoms with E-state index in [4.69, 9.17) is 18.9 Å². The molecule has 0 N–H and O–H groups in total. The SMILES string of the molecule is C=C[C@H]1C[C@@]2(C)[C@@H](CCC23OCCO3)[C@@H]2CC=C3CC4(CC[C@@H]3[C@H]21)OCCO4. The average Bonchev–Trinajstić information content (AvgIpc) is 3.43. The summed E-state index contributed by atoms with van der Waals surface area (Å²) in [6, 6.07) is 0. The van der Waals surface area contributed by atoms with Crippen LogP contribution in [0.5, 0.6) is 0 Å². The zero-order chi connectivity index (χ0) is 19.0. The number of hydrogen-bond acceptors (Lipinski definition) is 4. The second-order valence-corrected chi connectivity index (χ2v) is 10.3. The molecule has 0 aromatic rings. The van der Waals surface area contributed by atoms with Gasteiger partial charge in [-0.05, 0) is 55.3 Å². The Bertz CT molecular complexity index is 687. The van der Waals surface area contributed by atoms with Crippen LogP contribution in [-0.2, 0) is 18.9 Å². The van der Waals surface area contributed by atoms with Crippen LogP contribution < -0.4 is 0 Å². The molecule has 154 valence electrons. The van der Waals surface area contributed by atoms with Crippen molar-refractivity contribution in [1.82, 2.24) is 0 Å². The predicted molar refractivity (Wildman–Crippen MR) is 105 cm³/mol. The lowest BCUT2D eigenvalue weighted by Crippen LogP contribution is -2.56. The van der Waals surface area contributed by atoms with Crippen LogP contribution in [0, 0.1) is 35.0 Å². The van der Waals surface area contributed by atoms with E-state index in [9.17, 15) is 0 Å². The minimum Gasteiger partial charge on any atom is -0.347 e. The first-order chi connectivity index (χ1) is 13.6. The Hall–Kier alpha value is -0.680. The Morgan fingerprint density at radius 2 is 1.79 bits per heavy atom. The Morgan fingerprint density at radius 1 is 1.04 bits per heavy atom.